The van der Waals surface area contributed by atoms with Crippen LogP contribution in [0.4, 0.5) is 4.39 Å². The summed E-state index contributed by atoms with van der Waals surface area (Å²) in [5.74, 6) is 0.188. The van der Waals surface area contributed by atoms with Crippen LogP contribution in [-0.2, 0) is 10.0 Å². The largest absolute Gasteiger partial charge is 0.495 e. The summed E-state index contributed by atoms with van der Waals surface area (Å²) < 4.78 is 52.9. The Hall–Kier alpha value is -3.57. The topological polar surface area (TPSA) is 108 Å². The predicted molar refractivity (Wildman–Crippen MR) is 110 cm³/mol. The van der Waals surface area contributed by atoms with Crippen LogP contribution in [0, 0.1) is 5.82 Å². The van der Waals surface area contributed by atoms with Gasteiger partial charge < -0.3 is 9.47 Å². The fourth-order valence-electron chi connectivity index (χ4n) is 2.89. The molecule has 2 aromatic carbocycles. The van der Waals surface area contributed by atoms with Crippen LogP contribution < -0.4 is 14.2 Å². The smallest absolute Gasteiger partial charge is 0.244 e. The van der Waals surface area contributed by atoms with Gasteiger partial charge in [0.2, 0.25) is 15.9 Å². The number of hydrogen-bond donors (Lipinski definition) is 1. The number of halogens is 1. The molecule has 0 saturated heterocycles. The number of fused-ring (bicyclic) bond motifs is 1. The molecule has 0 atom stereocenters. The van der Waals surface area contributed by atoms with E-state index in [1.807, 2.05) is 30.3 Å². The maximum atomic E-state index is 13.5. The molecule has 0 saturated carbocycles. The van der Waals surface area contributed by atoms with Crippen LogP contribution in [0.1, 0.15) is 0 Å². The van der Waals surface area contributed by atoms with E-state index >= 15 is 0 Å². The Bertz CT molecular complexity index is 1310. The van der Waals surface area contributed by atoms with E-state index in [-0.39, 0.29) is 29.7 Å². The summed E-state index contributed by atoms with van der Waals surface area (Å²) in [4.78, 5) is -0.286. The second kappa shape index (κ2) is 8.66. The Morgan fingerprint density at radius 3 is 2.65 bits per heavy atom. The Labute approximate surface area is 177 Å². The molecule has 0 radical (unpaired) electrons. The highest BCUT2D eigenvalue weighted by molar-refractivity contribution is 7.89. The molecule has 1 N–H and O–H groups in total. The van der Waals surface area contributed by atoms with E-state index in [1.54, 1.807) is 16.6 Å². The predicted octanol–water partition coefficient (Wildman–Crippen LogP) is 2.30. The molecule has 11 heteroatoms. The van der Waals surface area contributed by atoms with Gasteiger partial charge in [-0.3, -0.25) is 0 Å². The lowest BCUT2D eigenvalue weighted by Gasteiger charge is -2.11. The quantitative estimate of drug-likeness (QED) is 0.416. The molecular formula is C20H18FN5O4S. The van der Waals surface area contributed by atoms with Crippen LogP contribution in [0.15, 0.2) is 65.6 Å². The summed E-state index contributed by atoms with van der Waals surface area (Å²) in [5, 5.41) is 12.6. The first-order valence-electron chi connectivity index (χ1n) is 9.22. The first-order valence-corrected chi connectivity index (χ1v) is 10.7. The summed E-state index contributed by atoms with van der Waals surface area (Å²) >= 11 is 0. The third kappa shape index (κ3) is 4.47. The number of benzene rings is 2. The molecule has 0 amide bonds. The second-order valence-electron chi connectivity index (χ2n) is 6.37. The Kier molecular flexibility index (Phi) is 5.78. The third-order valence-corrected chi connectivity index (χ3v) is 5.81. The number of hydrogen-bond acceptors (Lipinski definition) is 7. The van der Waals surface area contributed by atoms with Gasteiger partial charge in [0.05, 0.1) is 7.11 Å². The molecule has 0 aliphatic rings. The number of ether oxygens (including phenoxy) is 2. The van der Waals surface area contributed by atoms with Gasteiger partial charge in [0, 0.05) is 18.2 Å². The Balaban J connectivity index is 1.44. The van der Waals surface area contributed by atoms with E-state index in [9.17, 15) is 12.8 Å². The van der Waals surface area contributed by atoms with Gasteiger partial charge in [0.1, 0.15) is 23.1 Å². The maximum Gasteiger partial charge on any atom is 0.244 e. The lowest BCUT2D eigenvalue weighted by molar-refractivity contribution is 0.305. The summed E-state index contributed by atoms with van der Waals surface area (Å²) in [6, 6.07) is 16.0. The molecule has 2 heterocycles. The van der Waals surface area contributed by atoms with Gasteiger partial charge in [0.15, 0.2) is 11.5 Å². The molecule has 0 aliphatic carbocycles. The van der Waals surface area contributed by atoms with Crippen molar-refractivity contribution < 1.29 is 22.3 Å². The number of sulfonamides is 1. The zero-order chi connectivity index (χ0) is 21.8. The average molecular weight is 443 g/mol. The van der Waals surface area contributed by atoms with Crippen molar-refractivity contribution in [1.29, 1.82) is 0 Å². The lowest BCUT2D eigenvalue weighted by atomic mass is 10.2. The standard InChI is InChI=1S/C20H18FN5O4S/c1-29-16-8-7-15(21)13-17(16)31(27,28)22-11-12-30-19-10-9-18-23-24-20(26(18)25-19)14-5-3-2-4-6-14/h2-10,13,22H,11-12H2,1H3. The van der Waals surface area contributed by atoms with E-state index in [0.29, 0.717) is 11.5 Å². The fraction of sp³-hybridized carbons (Fsp3) is 0.150. The molecule has 0 unspecified atom stereocenters. The molecular weight excluding hydrogens is 425 g/mol. The normalized spacial score (nSPS) is 11.5. The minimum absolute atomic E-state index is 0.00182. The van der Waals surface area contributed by atoms with Crippen LogP contribution in [0.2, 0.25) is 0 Å². The number of aromatic nitrogens is 4. The minimum atomic E-state index is -3.99. The van der Waals surface area contributed by atoms with Crippen molar-refractivity contribution in [3.8, 4) is 23.0 Å². The van der Waals surface area contributed by atoms with Crippen molar-refractivity contribution in [3.05, 3.63) is 66.5 Å². The lowest BCUT2D eigenvalue weighted by Crippen LogP contribution is -2.28. The molecule has 160 valence electrons. The van der Waals surface area contributed by atoms with Crippen LogP contribution in [0.5, 0.6) is 11.6 Å². The minimum Gasteiger partial charge on any atom is -0.495 e. The number of nitrogens with one attached hydrogen (secondary N) is 1. The van der Waals surface area contributed by atoms with E-state index in [2.05, 4.69) is 20.0 Å². The van der Waals surface area contributed by atoms with Crippen molar-refractivity contribution >= 4 is 15.7 Å². The third-order valence-electron chi connectivity index (χ3n) is 4.33. The van der Waals surface area contributed by atoms with E-state index in [4.69, 9.17) is 9.47 Å². The Morgan fingerprint density at radius 1 is 1.06 bits per heavy atom. The molecule has 0 bridgehead atoms. The molecule has 0 spiro atoms. The van der Waals surface area contributed by atoms with Crippen LogP contribution in [0.25, 0.3) is 17.0 Å². The van der Waals surface area contributed by atoms with Crippen molar-refractivity contribution in [1.82, 2.24) is 24.5 Å². The molecule has 31 heavy (non-hydrogen) atoms. The maximum absolute atomic E-state index is 13.5. The van der Waals surface area contributed by atoms with Crippen molar-refractivity contribution in [2.75, 3.05) is 20.3 Å². The Morgan fingerprint density at radius 2 is 1.87 bits per heavy atom. The fourth-order valence-corrected chi connectivity index (χ4v) is 4.08. The van der Waals surface area contributed by atoms with Gasteiger partial charge in [-0.05, 0) is 24.3 Å². The summed E-state index contributed by atoms with van der Waals surface area (Å²) in [7, 11) is -2.68. The highest BCUT2D eigenvalue weighted by Gasteiger charge is 2.20. The van der Waals surface area contributed by atoms with Crippen molar-refractivity contribution in [2.45, 2.75) is 4.90 Å². The average Bonchev–Trinajstić information content (AvgIpc) is 3.20. The van der Waals surface area contributed by atoms with Crippen LogP contribution >= 0.6 is 0 Å². The van der Waals surface area contributed by atoms with E-state index in [1.165, 1.54) is 13.2 Å². The molecule has 0 fully saturated rings. The number of methoxy groups -OCH3 is 1. The molecule has 9 nitrogen and oxygen atoms in total. The summed E-state index contributed by atoms with van der Waals surface area (Å²) in [5.41, 5.74) is 1.39. The van der Waals surface area contributed by atoms with Gasteiger partial charge in [-0.1, -0.05) is 30.3 Å². The van der Waals surface area contributed by atoms with Crippen LogP contribution in [-0.4, -0.2) is 48.5 Å². The van der Waals surface area contributed by atoms with E-state index < -0.39 is 15.8 Å². The summed E-state index contributed by atoms with van der Waals surface area (Å²) in [6.45, 7) is -0.0619. The SMILES string of the molecule is COc1ccc(F)cc1S(=O)(=O)NCCOc1ccc2nnc(-c3ccccc3)n2n1. The highest BCUT2D eigenvalue weighted by Crippen LogP contribution is 2.24. The van der Waals surface area contributed by atoms with Gasteiger partial charge >= 0.3 is 0 Å². The van der Waals surface area contributed by atoms with E-state index in [0.717, 1.165) is 17.7 Å². The van der Waals surface area contributed by atoms with Crippen molar-refractivity contribution in [3.63, 3.8) is 0 Å². The number of rotatable bonds is 8. The first kappa shape index (κ1) is 20.7. The second-order valence-corrected chi connectivity index (χ2v) is 8.11. The molecule has 2 aromatic heterocycles. The van der Waals surface area contributed by atoms with Gasteiger partial charge in [-0.2, -0.15) is 4.52 Å². The number of nitrogens with zero attached hydrogens (tertiary/aromatic N) is 4. The summed E-state index contributed by atoms with van der Waals surface area (Å²) in [6.07, 6.45) is 0. The van der Waals surface area contributed by atoms with Crippen molar-refractivity contribution in [2.24, 2.45) is 0 Å². The first-order chi connectivity index (χ1) is 15.0. The van der Waals surface area contributed by atoms with Crippen LogP contribution in [0.3, 0.4) is 0 Å². The highest BCUT2D eigenvalue weighted by atomic mass is 32.2. The van der Waals surface area contributed by atoms with Gasteiger partial charge in [-0.25, -0.2) is 17.5 Å². The molecule has 4 rings (SSSR count). The zero-order valence-corrected chi connectivity index (χ0v) is 17.2. The monoisotopic (exact) mass is 443 g/mol. The molecule has 0 aliphatic heterocycles. The van der Waals surface area contributed by atoms with Gasteiger partial charge in [-0.15, -0.1) is 15.3 Å². The zero-order valence-electron chi connectivity index (χ0n) is 16.4. The van der Waals surface area contributed by atoms with Gasteiger partial charge in [0.25, 0.3) is 0 Å². The molecule has 4 aromatic rings.